The molecular weight excluding hydrogens is 279 g/mol. The van der Waals surface area contributed by atoms with Gasteiger partial charge in [0, 0.05) is 6.04 Å². The van der Waals surface area contributed by atoms with Crippen LogP contribution in [0.3, 0.4) is 0 Å². The molecule has 2 rings (SSSR count). The Morgan fingerprint density at radius 3 is 2.47 bits per heavy atom. The molecular formula is C15H22Cl2N2. The lowest BCUT2D eigenvalue weighted by Gasteiger charge is -2.32. The standard InChI is InChI=1S/C15H22Cl2N2/c1-10-2-5-12(6-3-10)15(19-18)9-11-4-7-13(16)14(17)8-11/h4,7-8,10,12,15,19H,2-3,5-6,9,18H2,1H3. The van der Waals surface area contributed by atoms with Gasteiger partial charge in [-0.1, -0.05) is 49.0 Å². The van der Waals surface area contributed by atoms with E-state index in [1.165, 1.54) is 31.2 Å². The van der Waals surface area contributed by atoms with Crippen LogP contribution in [-0.2, 0) is 6.42 Å². The van der Waals surface area contributed by atoms with Gasteiger partial charge in [0.05, 0.1) is 10.0 Å². The van der Waals surface area contributed by atoms with E-state index >= 15 is 0 Å². The Labute approximate surface area is 125 Å². The van der Waals surface area contributed by atoms with Crippen molar-refractivity contribution >= 4 is 23.2 Å². The summed E-state index contributed by atoms with van der Waals surface area (Å²) in [6.45, 7) is 2.33. The minimum Gasteiger partial charge on any atom is -0.271 e. The molecule has 0 bridgehead atoms. The molecule has 3 N–H and O–H groups in total. The Kier molecular flexibility index (Phi) is 5.52. The number of halogens is 2. The summed E-state index contributed by atoms with van der Waals surface area (Å²) in [6, 6.07) is 6.16. The van der Waals surface area contributed by atoms with E-state index in [4.69, 9.17) is 29.0 Å². The summed E-state index contributed by atoms with van der Waals surface area (Å²) >= 11 is 12.0. The van der Waals surface area contributed by atoms with Gasteiger partial charge in [-0.25, -0.2) is 0 Å². The molecule has 1 aromatic carbocycles. The third-order valence-electron chi connectivity index (χ3n) is 4.28. The predicted octanol–water partition coefficient (Wildman–Crippen LogP) is 4.19. The maximum Gasteiger partial charge on any atom is 0.0595 e. The summed E-state index contributed by atoms with van der Waals surface area (Å²) in [5.74, 6) is 7.27. The molecule has 19 heavy (non-hydrogen) atoms. The van der Waals surface area contributed by atoms with Crippen LogP contribution in [0.1, 0.15) is 38.2 Å². The zero-order valence-corrected chi connectivity index (χ0v) is 12.8. The van der Waals surface area contributed by atoms with Gasteiger partial charge in [0.2, 0.25) is 0 Å². The van der Waals surface area contributed by atoms with Crippen LogP contribution < -0.4 is 11.3 Å². The van der Waals surface area contributed by atoms with Crippen LogP contribution >= 0.6 is 23.2 Å². The van der Waals surface area contributed by atoms with Crippen LogP contribution in [0.15, 0.2) is 18.2 Å². The third kappa shape index (κ3) is 4.09. The van der Waals surface area contributed by atoms with Crippen molar-refractivity contribution in [1.29, 1.82) is 0 Å². The second-order valence-electron chi connectivity index (χ2n) is 5.75. The second-order valence-corrected chi connectivity index (χ2v) is 6.56. The fourth-order valence-corrected chi connectivity index (χ4v) is 3.29. The Morgan fingerprint density at radius 2 is 1.89 bits per heavy atom. The number of benzene rings is 1. The normalized spacial score (nSPS) is 25.3. The van der Waals surface area contributed by atoms with Crippen LogP contribution in [0.5, 0.6) is 0 Å². The fraction of sp³-hybridized carbons (Fsp3) is 0.600. The largest absolute Gasteiger partial charge is 0.271 e. The van der Waals surface area contributed by atoms with Crippen molar-refractivity contribution in [2.75, 3.05) is 0 Å². The summed E-state index contributed by atoms with van der Waals surface area (Å²) in [4.78, 5) is 0. The van der Waals surface area contributed by atoms with Crippen molar-refractivity contribution in [3.05, 3.63) is 33.8 Å². The van der Waals surface area contributed by atoms with Crippen molar-refractivity contribution in [2.24, 2.45) is 17.7 Å². The van der Waals surface area contributed by atoms with Gasteiger partial charge in [-0.15, -0.1) is 0 Å². The maximum absolute atomic E-state index is 6.06. The Bertz CT molecular complexity index is 415. The molecule has 0 aliphatic heterocycles. The molecule has 0 saturated heterocycles. The molecule has 0 spiro atoms. The monoisotopic (exact) mass is 300 g/mol. The number of hydrazine groups is 1. The fourth-order valence-electron chi connectivity index (χ4n) is 2.97. The van der Waals surface area contributed by atoms with Crippen LogP contribution in [0.25, 0.3) is 0 Å². The van der Waals surface area contributed by atoms with Crippen LogP contribution in [0.2, 0.25) is 10.0 Å². The molecule has 1 saturated carbocycles. The third-order valence-corrected chi connectivity index (χ3v) is 5.02. The number of nitrogens with one attached hydrogen (secondary N) is 1. The quantitative estimate of drug-likeness (QED) is 0.646. The topological polar surface area (TPSA) is 38.0 Å². The van der Waals surface area contributed by atoms with Crippen molar-refractivity contribution < 1.29 is 0 Å². The Hall–Kier alpha value is -0.280. The highest BCUT2D eigenvalue weighted by Gasteiger charge is 2.25. The lowest BCUT2D eigenvalue weighted by Crippen LogP contribution is -2.43. The van der Waals surface area contributed by atoms with Gasteiger partial charge in [-0.3, -0.25) is 11.3 Å². The first-order valence-electron chi connectivity index (χ1n) is 7.00. The van der Waals surface area contributed by atoms with E-state index in [9.17, 15) is 0 Å². The van der Waals surface area contributed by atoms with Gasteiger partial charge >= 0.3 is 0 Å². The van der Waals surface area contributed by atoms with E-state index in [1.54, 1.807) is 0 Å². The summed E-state index contributed by atoms with van der Waals surface area (Å²) in [6.07, 6.45) is 6.05. The zero-order valence-electron chi connectivity index (χ0n) is 11.3. The number of hydrogen-bond acceptors (Lipinski definition) is 2. The SMILES string of the molecule is CC1CCC(C(Cc2ccc(Cl)c(Cl)c2)NN)CC1. The van der Waals surface area contributed by atoms with Crippen LogP contribution in [-0.4, -0.2) is 6.04 Å². The van der Waals surface area contributed by atoms with Gasteiger partial charge in [0.15, 0.2) is 0 Å². The molecule has 2 nitrogen and oxygen atoms in total. The molecule has 0 heterocycles. The van der Waals surface area contributed by atoms with E-state index in [0.29, 0.717) is 22.0 Å². The highest BCUT2D eigenvalue weighted by molar-refractivity contribution is 6.42. The van der Waals surface area contributed by atoms with Gasteiger partial charge in [0.25, 0.3) is 0 Å². The van der Waals surface area contributed by atoms with E-state index in [1.807, 2.05) is 18.2 Å². The molecule has 0 radical (unpaired) electrons. The van der Waals surface area contributed by atoms with Crippen molar-refractivity contribution in [1.82, 2.24) is 5.43 Å². The maximum atomic E-state index is 6.06. The molecule has 1 atom stereocenters. The second kappa shape index (κ2) is 6.94. The number of hydrogen-bond donors (Lipinski definition) is 2. The number of nitrogens with two attached hydrogens (primary N) is 1. The predicted molar refractivity (Wildman–Crippen MR) is 82.4 cm³/mol. The van der Waals surface area contributed by atoms with Crippen molar-refractivity contribution in [3.8, 4) is 0 Å². The zero-order chi connectivity index (χ0) is 13.8. The van der Waals surface area contributed by atoms with Crippen LogP contribution in [0, 0.1) is 11.8 Å². The highest BCUT2D eigenvalue weighted by Crippen LogP contribution is 2.32. The minimum absolute atomic E-state index is 0.324. The van der Waals surface area contributed by atoms with Gasteiger partial charge in [0.1, 0.15) is 0 Å². The van der Waals surface area contributed by atoms with Crippen molar-refractivity contribution in [3.63, 3.8) is 0 Å². The van der Waals surface area contributed by atoms with Crippen molar-refractivity contribution in [2.45, 2.75) is 45.1 Å². The van der Waals surface area contributed by atoms with Gasteiger partial charge < -0.3 is 0 Å². The Morgan fingerprint density at radius 1 is 1.21 bits per heavy atom. The first-order valence-corrected chi connectivity index (χ1v) is 7.75. The molecule has 1 aromatic rings. The number of rotatable bonds is 4. The van der Waals surface area contributed by atoms with Crippen LogP contribution in [0.4, 0.5) is 0 Å². The molecule has 4 heteroatoms. The average Bonchev–Trinajstić information content (AvgIpc) is 2.41. The first kappa shape index (κ1) is 15.1. The molecule has 1 fully saturated rings. The lowest BCUT2D eigenvalue weighted by molar-refractivity contribution is 0.229. The summed E-state index contributed by atoms with van der Waals surface area (Å²) in [5.41, 5.74) is 4.18. The lowest BCUT2D eigenvalue weighted by atomic mass is 9.78. The van der Waals surface area contributed by atoms with Gasteiger partial charge in [-0.2, -0.15) is 0 Å². The molecule has 1 aliphatic rings. The van der Waals surface area contributed by atoms with E-state index < -0.39 is 0 Å². The summed E-state index contributed by atoms with van der Waals surface area (Å²) in [5, 5.41) is 1.22. The summed E-state index contributed by atoms with van der Waals surface area (Å²) < 4.78 is 0. The molecule has 0 amide bonds. The highest BCUT2D eigenvalue weighted by atomic mass is 35.5. The average molecular weight is 301 g/mol. The Balaban J connectivity index is 2.00. The molecule has 0 aromatic heterocycles. The smallest absolute Gasteiger partial charge is 0.0595 e. The minimum atomic E-state index is 0.324. The summed E-state index contributed by atoms with van der Waals surface area (Å²) in [7, 11) is 0. The van der Waals surface area contributed by atoms with Gasteiger partial charge in [-0.05, 0) is 48.8 Å². The van der Waals surface area contributed by atoms with E-state index in [0.717, 1.165) is 12.3 Å². The van der Waals surface area contributed by atoms with E-state index in [-0.39, 0.29) is 0 Å². The molecule has 1 aliphatic carbocycles. The first-order chi connectivity index (χ1) is 9.10. The van der Waals surface area contributed by atoms with E-state index in [2.05, 4.69) is 12.3 Å². The molecule has 106 valence electrons. The molecule has 1 unspecified atom stereocenters.